The molecule has 1 saturated heterocycles. The molecule has 9 nitrogen and oxygen atoms in total. The standard InChI is InChI=1S/C31H41N3O6/c1-31(2,3)40-28(35)20-34-27(22-15-17-33(18-16-22)30(36)32(4)37)19-26(21-7-11-24(38-5)12-8-21)29(34)23-9-13-25(39-6)14-10-23/h7-14,22,27,37H,15-20H2,1-6H3. The summed E-state index contributed by atoms with van der Waals surface area (Å²) >= 11 is 0. The van der Waals surface area contributed by atoms with Crippen LogP contribution in [0.2, 0.25) is 0 Å². The van der Waals surface area contributed by atoms with Gasteiger partial charge >= 0.3 is 12.0 Å². The van der Waals surface area contributed by atoms with Crippen molar-refractivity contribution in [3.05, 3.63) is 59.7 Å². The highest BCUT2D eigenvalue weighted by atomic mass is 16.6. The van der Waals surface area contributed by atoms with E-state index in [1.165, 1.54) is 7.05 Å². The lowest BCUT2D eigenvalue weighted by atomic mass is 9.86. The van der Waals surface area contributed by atoms with Crippen molar-refractivity contribution in [2.75, 3.05) is 40.9 Å². The Hall–Kier alpha value is -3.72. The summed E-state index contributed by atoms with van der Waals surface area (Å²) in [7, 11) is 4.64. The van der Waals surface area contributed by atoms with E-state index >= 15 is 0 Å². The lowest BCUT2D eigenvalue weighted by molar-refractivity contribution is -0.155. The van der Waals surface area contributed by atoms with E-state index in [1.807, 2.05) is 57.2 Å². The Labute approximate surface area is 236 Å². The minimum atomic E-state index is -0.600. The topological polar surface area (TPSA) is 91.8 Å². The van der Waals surface area contributed by atoms with Crippen molar-refractivity contribution in [1.82, 2.24) is 14.9 Å². The molecule has 4 rings (SSSR count). The number of hydrogen-bond donors (Lipinski definition) is 1. The molecule has 0 saturated carbocycles. The van der Waals surface area contributed by atoms with Gasteiger partial charge in [0.05, 0.1) is 14.2 Å². The molecule has 2 amide bonds. The lowest BCUT2D eigenvalue weighted by Crippen LogP contribution is -2.48. The van der Waals surface area contributed by atoms with Gasteiger partial charge in [-0.25, -0.2) is 9.86 Å². The van der Waals surface area contributed by atoms with Crippen molar-refractivity contribution in [1.29, 1.82) is 0 Å². The lowest BCUT2D eigenvalue weighted by Gasteiger charge is -2.40. The van der Waals surface area contributed by atoms with Crippen molar-refractivity contribution < 1.29 is 29.0 Å². The highest BCUT2D eigenvalue weighted by molar-refractivity contribution is 5.94. The number of piperidine rings is 1. The fraction of sp³-hybridized carbons (Fsp3) is 0.484. The number of carbonyl (C=O) groups is 2. The van der Waals surface area contributed by atoms with Gasteiger partial charge in [-0.2, -0.15) is 0 Å². The molecule has 1 N–H and O–H groups in total. The number of methoxy groups -OCH3 is 2. The Balaban J connectivity index is 1.74. The van der Waals surface area contributed by atoms with E-state index in [1.54, 1.807) is 19.1 Å². The van der Waals surface area contributed by atoms with Gasteiger partial charge in [0.15, 0.2) is 0 Å². The van der Waals surface area contributed by atoms with Crippen molar-refractivity contribution in [2.45, 2.75) is 51.7 Å². The maximum absolute atomic E-state index is 13.3. The number of ether oxygens (including phenoxy) is 3. The average molecular weight is 552 g/mol. The van der Waals surface area contributed by atoms with Crippen LogP contribution in [-0.4, -0.2) is 84.6 Å². The fourth-order valence-corrected chi connectivity index (χ4v) is 5.70. The Morgan fingerprint density at radius 3 is 1.93 bits per heavy atom. The molecule has 2 aromatic rings. The minimum Gasteiger partial charge on any atom is -0.497 e. The predicted octanol–water partition coefficient (Wildman–Crippen LogP) is 5.14. The number of hydrogen-bond acceptors (Lipinski definition) is 7. The molecule has 0 bridgehead atoms. The van der Waals surface area contributed by atoms with Crippen LogP contribution in [-0.2, 0) is 9.53 Å². The number of amides is 2. The van der Waals surface area contributed by atoms with Gasteiger partial charge in [0.1, 0.15) is 23.6 Å². The van der Waals surface area contributed by atoms with E-state index in [0.717, 1.165) is 53.2 Å². The second-order valence-corrected chi connectivity index (χ2v) is 11.4. The number of hydroxylamine groups is 2. The summed E-state index contributed by atoms with van der Waals surface area (Å²) in [5.74, 6) is 1.49. The zero-order chi connectivity index (χ0) is 29.0. The molecule has 1 atom stereocenters. The molecule has 1 fully saturated rings. The van der Waals surface area contributed by atoms with E-state index in [4.69, 9.17) is 14.2 Å². The van der Waals surface area contributed by atoms with E-state index in [9.17, 15) is 14.8 Å². The van der Waals surface area contributed by atoms with Gasteiger partial charge in [-0.3, -0.25) is 10.0 Å². The Morgan fingerprint density at radius 2 is 1.45 bits per heavy atom. The van der Waals surface area contributed by atoms with Crippen LogP contribution < -0.4 is 9.47 Å². The summed E-state index contributed by atoms with van der Waals surface area (Å²) < 4.78 is 16.6. The summed E-state index contributed by atoms with van der Waals surface area (Å²) in [5, 5.41) is 10.3. The van der Waals surface area contributed by atoms with E-state index < -0.39 is 11.6 Å². The highest BCUT2D eigenvalue weighted by Crippen LogP contribution is 2.45. The van der Waals surface area contributed by atoms with Crippen LogP contribution in [0, 0.1) is 5.92 Å². The third-order valence-electron chi connectivity index (χ3n) is 7.54. The van der Waals surface area contributed by atoms with Gasteiger partial charge in [-0.05, 0) is 99.0 Å². The monoisotopic (exact) mass is 551 g/mol. The number of nitrogens with zero attached hydrogens (tertiary/aromatic N) is 3. The molecule has 0 spiro atoms. The number of esters is 1. The Morgan fingerprint density at radius 1 is 0.925 bits per heavy atom. The van der Waals surface area contributed by atoms with Crippen LogP contribution in [0.1, 0.15) is 51.2 Å². The van der Waals surface area contributed by atoms with E-state index in [2.05, 4.69) is 17.0 Å². The third kappa shape index (κ3) is 6.70. The zero-order valence-electron chi connectivity index (χ0n) is 24.3. The minimum absolute atomic E-state index is 0.0332. The smallest absolute Gasteiger partial charge is 0.343 e. The van der Waals surface area contributed by atoms with Crippen LogP contribution in [0.5, 0.6) is 11.5 Å². The molecule has 1 unspecified atom stereocenters. The summed E-state index contributed by atoms with van der Waals surface area (Å²) in [4.78, 5) is 29.5. The highest BCUT2D eigenvalue weighted by Gasteiger charge is 2.41. The number of benzene rings is 2. The van der Waals surface area contributed by atoms with Crippen molar-refractivity contribution in [3.8, 4) is 11.5 Å². The maximum Gasteiger partial charge on any atom is 0.343 e. The first-order chi connectivity index (χ1) is 19.0. The molecule has 0 radical (unpaired) electrons. The molecule has 9 heteroatoms. The Kier molecular flexibility index (Phi) is 8.93. The van der Waals surface area contributed by atoms with Crippen LogP contribution in [0.4, 0.5) is 4.79 Å². The molecule has 0 aromatic heterocycles. The van der Waals surface area contributed by atoms with Crippen LogP contribution in [0.25, 0.3) is 11.3 Å². The summed E-state index contributed by atoms with van der Waals surface area (Å²) in [6, 6.07) is 15.6. The molecule has 0 aliphatic carbocycles. The quantitative estimate of drug-likeness (QED) is 0.289. The summed E-state index contributed by atoms with van der Waals surface area (Å²) in [5.41, 5.74) is 3.61. The molecular weight excluding hydrogens is 510 g/mol. The first-order valence-corrected chi connectivity index (χ1v) is 13.7. The normalized spacial score (nSPS) is 18.1. The van der Waals surface area contributed by atoms with Crippen LogP contribution >= 0.6 is 0 Å². The van der Waals surface area contributed by atoms with Gasteiger partial charge in [-0.1, -0.05) is 12.1 Å². The van der Waals surface area contributed by atoms with Crippen molar-refractivity contribution >= 4 is 23.3 Å². The van der Waals surface area contributed by atoms with Crippen molar-refractivity contribution in [3.63, 3.8) is 0 Å². The SMILES string of the molecule is COc1ccc(C2=C(c3ccc(OC)cc3)N(CC(=O)OC(C)(C)C)C(C3CCN(C(=O)N(C)O)CC3)C2)cc1. The third-order valence-corrected chi connectivity index (χ3v) is 7.54. The van der Waals surface area contributed by atoms with E-state index in [0.29, 0.717) is 18.2 Å². The molecule has 2 aromatic carbocycles. The Bertz CT molecular complexity index is 1210. The average Bonchev–Trinajstić information content (AvgIpc) is 3.30. The van der Waals surface area contributed by atoms with Crippen LogP contribution in [0.3, 0.4) is 0 Å². The van der Waals surface area contributed by atoms with Gasteiger partial charge in [0, 0.05) is 31.9 Å². The molecule has 2 aliphatic heterocycles. The summed E-state index contributed by atoms with van der Waals surface area (Å²) in [6.07, 6.45) is 2.27. The largest absolute Gasteiger partial charge is 0.497 e. The predicted molar refractivity (Wildman–Crippen MR) is 153 cm³/mol. The maximum atomic E-state index is 13.3. The van der Waals surface area contributed by atoms with Gasteiger partial charge in [-0.15, -0.1) is 0 Å². The molecule has 2 heterocycles. The second kappa shape index (κ2) is 12.2. The number of urea groups is 1. The van der Waals surface area contributed by atoms with Crippen molar-refractivity contribution in [2.24, 2.45) is 5.92 Å². The van der Waals surface area contributed by atoms with Gasteiger partial charge < -0.3 is 24.0 Å². The van der Waals surface area contributed by atoms with Gasteiger partial charge in [0.2, 0.25) is 0 Å². The molecule has 216 valence electrons. The first-order valence-electron chi connectivity index (χ1n) is 13.7. The van der Waals surface area contributed by atoms with Gasteiger partial charge in [0.25, 0.3) is 0 Å². The number of likely N-dealkylation sites (tertiary alicyclic amines) is 1. The first kappa shape index (κ1) is 29.3. The number of carbonyl (C=O) groups excluding carboxylic acids is 2. The summed E-state index contributed by atoms with van der Waals surface area (Å²) in [6.45, 7) is 6.82. The number of rotatable bonds is 7. The second-order valence-electron chi connectivity index (χ2n) is 11.4. The molecule has 2 aliphatic rings. The molecule has 40 heavy (non-hydrogen) atoms. The van der Waals surface area contributed by atoms with Crippen LogP contribution in [0.15, 0.2) is 48.5 Å². The zero-order valence-corrected chi connectivity index (χ0v) is 24.3. The van der Waals surface area contributed by atoms with E-state index in [-0.39, 0.29) is 24.5 Å². The fourth-order valence-electron chi connectivity index (χ4n) is 5.70. The molecular formula is C31H41N3O6.